The Morgan fingerprint density at radius 2 is 2.11 bits per heavy atom. The number of methoxy groups -OCH3 is 1. The summed E-state index contributed by atoms with van der Waals surface area (Å²) < 4.78 is 4.89. The maximum absolute atomic E-state index is 11.0. The minimum absolute atomic E-state index is 0.116. The number of aliphatic carboxylic acids is 1. The zero-order valence-electron chi connectivity index (χ0n) is 10.3. The van der Waals surface area contributed by atoms with Gasteiger partial charge in [0.2, 0.25) is 5.75 Å². The largest absolute Gasteiger partial charge is 0.504 e. The molecule has 0 aliphatic carbocycles. The van der Waals surface area contributed by atoms with Crippen LogP contribution in [0.2, 0.25) is 0 Å². The number of hydrogen-bond donors (Lipinski definition) is 4. The number of rotatable bonds is 6. The van der Waals surface area contributed by atoms with Gasteiger partial charge in [0.15, 0.2) is 11.5 Å². The number of carboxylic acids is 1. The lowest BCUT2D eigenvalue weighted by Crippen LogP contribution is -2.38. The van der Waals surface area contributed by atoms with Gasteiger partial charge in [0.05, 0.1) is 7.11 Å². The summed E-state index contributed by atoms with van der Waals surface area (Å²) in [6, 6.07) is 2.08. The van der Waals surface area contributed by atoms with E-state index in [1.807, 2.05) is 6.92 Å². The highest BCUT2D eigenvalue weighted by molar-refractivity contribution is 5.74. The summed E-state index contributed by atoms with van der Waals surface area (Å²) in [6.07, 6.45) is 0.188. The molecule has 0 unspecified atom stereocenters. The Hall–Kier alpha value is -1.95. The van der Waals surface area contributed by atoms with Crippen molar-refractivity contribution < 1.29 is 24.9 Å². The molecule has 1 aromatic rings. The van der Waals surface area contributed by atoms with Gasteiger partial charge < -0.3 is 25.4 Å². The molecule has 0 aromatic heterocycles. The van der Waals surface area contributed by atoms with Gasteiger partial charge in [-0.25, -0.2) is 0 Å². The van der Waals surface area contributed by atoms with Gasteiger partial charge in [0, 0.05) is 0 Å². The molecule has 0 bridgehead atoms. The van der Waals surface area contributed by atoms with Crippen molar-refractivity contribution in [2.45, 2.75) is 19.4 Å². The zero-order chi connectivity index (χ0) is 13.7. The van der Waals surface area contributed by atoms with Gasteiger partial charge >= 0.3 is 5.97 Å². The number of likely N-dealkylation sites (N-methyl/N-ethyl adjacent to an activating group) is 1. The smallest absolute Gasteiger partial charge is 0.321 e. The first-order chi connectivity index (χ1) is 8.49. The molecule has 0 fully saturated rings. The molecule has 0 heterocycles. The van der Waals surface area contributed by atoms with Crippen molar-refractivity contribution in [3.63, 3.8) is 0 Å². The minimum Gasteiger partial charge on any atom is -0.504 e. The topological polar surface area (TPSA) is 99.0 Å². The van der Waals surface area contributed by atoms with Crippen LogP contribution in [0.3, 0.4) is 0 Å². The molecule has 0 saturated carbocycles. The third-order valence-corrected chi connectivity index (χ3v) is 2.52. The normalized spacial score (nSPS) is 12.1. The second-order valence-corrected chi connectivity index (χ2v) is 3.82. The fourth-order valence-electron chi connectivity index (χ4n) is 1.65. The Labute approximate surface area is 105 Å². The first kappa shape index (κ1) is 14.1. The Balaban J connectivity index is 2.96. The van der Waals surface area contributed by atoms with Crippen molar-refractivity contribution in [1.82, 2.24) is 5.32 Å². The van der Waals surface area contributed by atoms with E-state index in [2.05, 4.69) is 5.32 Å². The summed E-state index contributed by atoms with van der Waals surface area (Å²) in [7, 11) is 1.36. The second-order valence-electron chi connectivity index (χ2n) is 3.82. The van der Waals surface area contributed by atoms with Crippen molar-refractivity contribution >= 4 is 5.97 Å². The van der Waals surface area contributed by atoms with E-state index in [0.29, 0.717) is 12.1 Å². The average molecular weight is 255 g/mol. The SMILES string of the molecule is CCN[C@@H](Cc1cc(O)c(O)c(OC)c1)C(=O)O. The fraction of sp³-hybridized carbons (Fsp3) is 0.417. The van der Waals surface area contributed by atoms with Crippen LogP contribution in [0.1, 0.15) is 12.5 Å². The van der Waals surface area contributed by atoms with Crippen LogP contribution in [0.4, 0.5) is 0 Å². The predicted octanol–water partition coefficient (Wildman–Crippen LogP) is 0.712. The molecule has 4 N–H and O–H groups in total. The zero-order valence-corrected chi connectivity index (χ0v) is 10.3. The van der Waals surface area contributed by atoms with Crippen LogP contribution in [0.5, 0.6) is 17.2 Å². The number of benzene rings is 1. The molecule has 0 radical (unpaired) electrons. The average Bonchev–Trinajstić information content (AvgIpc) is 2.32. The van der Waals surface area contributed by atoms with Gasteiger partial charge in [0.1, 0.15) is 6.04 Å². The van der Waals surface area contributed by atoms with Gasteiger partial charge in [-0.1, -0.05) is 6.92 Å². The summed E-state index contributed by atoms with van der Waals surface area (Å²) in [6.45, 7) is 2.34. The van der Waals surface area contributed by atoms with Crippen molar-refractivity contribution in [2.75, 3.05) is 13.7 Å². The predicted molar refractivity (Wildman–Crippen MR) is 65.1 cm³/mol. The van der Waals surface area contributed by atoms with Crippen LogP contribution >= 0.6 is 0 Å². The van der Waals surface area contributed by atoms with E-state index in [1.54, 1.807) is 0 Å². The molecule has 18 heavy (non-hydrogen) atoms. The van der Waals surface area contributed by atoms with Gasteiger partial charge in [0.25, 0.3) is 0 Å². The number of phenolic OH excluding ortho intramolecular Hbond substituents is 2. The Kier molecular flexibility index (Phi) is 4.79. The van der Waals surface area contributed by atoms with E-state index < -0.39 is 12.0 Å². The molecule has 1 atom stereocenters. The lowest BCUT2D eigenvalue weighted by molar-refractivity contribution is -0.139. The van der Waals surface area contributed by atoms with E-state index >= 15 is 0 Å². The molecule has 0 aliphatic heterocycles. The van der Waals surface area contributed by atoms with Gasteiger partial charge in [-0.2, -0.15) is 0 Å². The van der Waals surface area contributed by atoms with Gasteiger partial charge in [-0.05, 0) is 30.7 Å². The summed E-state index contributed by atoms with van der Waals surface area (Å²) in [5, 5.41) is 30.8. The lowest BCUT2D eigenvalue weighted by atomic mass is 10.0. The number of ether oxygens (including phenoxy) is 1. The van der Waals surface area contributed by atoms with Crippen molar-refractivity contribution in [3.8, 4) is 17.2 Å². The molecular weight excluding hydrogens is 238 g/mol. The second kappa shape index (κ2) is 6.11. The van der Waals surface area contributed by atoms with Crippen molar-refractivity contribution in [1.29, 1.82) is 0 Å². The monoisotopic (exact) mass is 255 g/mol. The quantitative estimate of drug-likeness (QED) is 0.559. The molecule has 0 spiro atoms. The molecule has 0 aliphatic rings. The van der Waals surface area contributed by atoms with Crippen LogP contribution in [-0.2, 0) is 11.2 Å². The Morgan fingerprint density at radius 1 is 1.44 bits per heavy atom. The minimum atomic E-state index is -0.969. The summed E-state index contributed by atoms with van der Waals surface area (Å²) in [5.74, 6) is -1.53. The van der Waals surface area contributed by atoms with Gasteiger partial charge in [-0.15, -0.1) is 0 Å². The summed E-state index contributed by atoms with van der Waals surface area (Å²) in [4.78, 5) is 11.0. The van der Waals surface area contributed by atoms with E-state index in [4.69, 9.17) is 9.84 Å². The highest BCUT2D eigenvalue weighted by Crippen LogP contribution is 2.36. The molecule has 6 nitrogen and oxygen atoms in total. The standard InChI is InChI=1S/C12H17NO5/c1-3-13-8(12(16)17)4-7-5-9(14)11(15)10(6-7)18-2/h5-6,8,13-15H,3-4H2,1-2H3,(H,16,17)/t8-/m0/s1. The van der Waals surface area contributed by atoms with E-state index in [-0.39, 0.29) is 23.7 Å². The lowest BCUT2D eigenvalue weighted by Gasteiger charge is -2.14. The van der Waals surface area contributed by atoms with E-state index in [1.165, 1.54) is 19.2 Å². The third kappa shape index (κ3) is 3.27. The van der Waals surface area contributed by atoms with E-state index in [0.717, 1.165) is 0 Å². The number of hydrogen-bond acceptors (Lipinski definition) is 5. The molecule has 6 heteroatoms. The first-order valence-electron chi connectivity index (χ1n) is 5.54. The molecule has 1 rings (SSSR count). The summed E-state index contributed by atoms with van der Waals surface area (Å²) >= 11 is 0. The molecular formula is C12H17NO5. The van der Waals surface area contributed by atoms with E-state index in [9.17, 15) is 15.0 Å². The summed E-state index contributed by atoms with van der Waals surface area (Å²) in [5.41, 5.74) is 0.565. The highest BCUT2D eigenvalue weighted by Gasteiger charge is 2.18. The Bertz CT molecular complexity index is 433. The van der Waals surface area contributed by atoms with Crippen molar-refractivity contribution in [3.05, 3.63) is 17.7 Å². The fourth-order valence-corrected chi connectivity index (χ4v) is 1.65. The number of phenols is 2. The van der Waals surface area contributed by atoms with Crippen LogP contribution in [0, 0.1) is 0 Å². The first-order valence-corrected chi connectivity index (χ1v) is 5.54. The molecule has 0 saturated heterocycles. The number of carboxylic acid groups (broad SMARTS) is 1. The van der Waals surface area contributed by atoms with Crippen molar-refractivity contribution in [2.24, 2.45) is 0 Å². The van der Waals surface area contributed by atoms with Crippen LogP contribution in [0.15, 0.2) is 12.1 Å². The highest BCUT2D eigenvalue weighted by atomic mass is 16.5. The Morgan fingerprint density at radius 3 is 2.61 bits per heavy atom. The number of carbonyl (C=O) groups is 1. The maximum Gasteiger partial charge on any atom is 0.321 e. The number of nitrogens with one attached hydrogen (secondary N) is 1. The third-order valence-electron chi connectivity index (χ3n) is 2.52. The molecule has 100 valence electrons. The molecule has 1 aromatic carbocycles. The van der Waals surface area contributed by atoms with Crippen LogP contribution < -0.4 is 10.1 Å². The van der Waals surface area contributed by atoms with Gasteiger partial charge in [-0.3, -0.25) is 4.79 Å². The van der Waals surface area contributed by atoms with Crippen LogP contribution in [0.25, 0.3) is 0 Å². The maximum atomic E-state index is 11.0. The molecule has 0 amide bonds. The number of aromatic hydroxyl groups is 2. The van der Waals surface area contributed by atoms with Crippen LogP contribution in [-0.4, -0.2) is 41.0 Å².